The van der Waals surface area contributed by atoms with E-state index in [4.69, 9.17) is 5.26 Å². The van der Waals surface area contributed by atoms with E-state index >= 15 is 0 Å². The maximum Gasteiger partial charge on any atom is 0.318 e. The van der Waals surface area contributed by atoms with Crippen molar-refractivity contribution in [1.29, 1.82) is 5.26 Å². The van der Waals surface area contributed by atoms with Crippen molar-refractivity contribution >= 4 is 22.5 Å². The van der Waals surface area contributed by atoms with Gasteiger partial charge in [-0.2, -0.15) is 5.26 Å². The highest BCUT2D eigenvalue weighted by atomic mass is 32.1. The van der Waals surface area contributed by atoms with Crippen molar-refractivity contribution in [2.45, 2.75) is 51.0 Å². The van der Waals surface area contributed by atoms with E-state index in [9.17, 15) is 9.90 Å². The SMILES string of the molecule is CC(O)Nc1ncc([C@@H](C)N2CCC3(CC2)CN(Cc2ncc(C#N)cn2)C(=O)N3)s1. The van der Waals surface area contributed by atoms with Gasteiger partial charge in [-0.3, -0.25) is 4.90 Å². The number of thiazole rings is 1. The molecule has 2 fully saturated rings. The van der Waals surface area contributed by atoms with E-state index < -0.39 is 6.23 Å². The van der Waals surface area contributed by atoms with E-state index in [0.29, 0.717) is 29.6 Å². The summed E-state index contributed by atoms with van der Waals surface area (Å²) in [4.78, 5) is 30.6. The Bertz CT molecular complexity index is 962. The van der Waals surface area contributed by atoms with E-state index in [2.05, 4.69) is 37.4 Å². The van der Waals surface area contributed by atoms with Gasteiger partial charge in [-0.15, -0.1) is 11.3 Å². The monoisotopic (exact) mass is 442 g/mol. The average Bonchev–Trinajstić information content (AvgIpc) is 3.33. The Kier molecular flexibility index (Phi) is 6.04. The van der Waals surface area contributed by atoms with Crippen molar-refractivity contribution in [3.63, 3.8) is 0 Å². The van der Waals surface area contributed by atoms with Gasteiger partial charge in [0.05, 0.1) is 17.6 Å². The largest absolute Gasteiger partial charge is 0.374 e. The molecule has 4 heterocycles. The van der Waals surface area contributed by atoms with Crippen LogP contribution < -0.4 is 10.6 Å². The van der Waals surface area contributed by atoms with Crippen LogP contribution in [0.3, 0.4) is 0 Å². The number of carbonyl (C=O) groups is 1. The summed E-state index contributed by atoms with van der Waals surface area (Å²) in [5, 5.41) is 25.2. The van der Waals surface area contributed by atoms with E-state index in [-0.39, 0.29) is 17.6 Å². The first-order chi connectivity index (χ1) is 14.9. The summed E-state index contributed by atoms with van der Waals surface area (Å²) in [5.41, 5.74) is 0.175. The molecular weight excluding hydrogens is 416 g/mol. The fraction of sp³-hybridized carbons (Fsp3) is 0.550. The van der Waals surface area contributed by atoms with Gasteiger partial charge in [0.25, 0.3) is 0 Å². The van der Waals surface area contributed by atoms with E-state index in [1.807, 2.05) is 12.3 Å². The van der Waals surface area contributed by atoms with Gasteiger partial charge < -0.3 is 20.6 Å². The van der Waals surface area contributed by atoms with Gasteiger partial charge >= 0.3 is 6.03 Å². The van der Waals surface area contributed by atoms with Crippen LogP contribution in [0.4, 0.5) is 9.93 Å². The van der Waals surface area contributed by atoms with Crippen molar-refractivity contribution < 1.29 is 9.90 Å². The molecule has 1 spiro atoms. The molecule has 2 aliphatic rings. The average molecular weight is 443 g/mol. The zero-order valence-electron chi connectivity index (χ0n) is 17.6. The Morgan fingerprint density at radius 1 is 1.29 bits per heavy atom. The topological polar surface area (TPSA) is 130 Å². The molecule has 2 atom stereocenters. The second-order valence-corrected chi connectivity index (χ2v) is 9.23. The first kappa shape index (κ1) is 21.4. The second-order valence-electron chi connectivity index (χ2n) is 8.17. The lowest BCUT2D eigenvalue weighted by Crippen LogP contribution is -2.52. The number of urea groups is 1. The first-order valence-electron chi connectivity index (χ1n) is 10.3. The van der Waals surface area contributed by atoms with Gasteiger partial charge in [-0.05, 0) is 26.7 Å². The van der Waals surface area contributed by atoms with Crippen molar-refractivity contribution in [1.82, 2.24) is 30.1 Å². The Morgan fingerprint density at radius 2 is 2.00 bits per heavy atom. The zero-order chi connectivity index (χ0) is 22.0. The number of likely N-dealkylation sites (tertiary alicyclic amines) is 1. The maximum atomic E-state index is 12.6. The molecule has 164 valence electrons. The Balaban J connectivity index is 1.33. The number of rotatable bonds is 6. The summed E-state index contributed by atoms with van der Waals surface area (Å²) in [5.74, 6) is 0.532. The lowest BCUT2D eigenvalue weighted by Gasteiger charge is -2.41. The highest BCUT2D eigenvalue weighted by Gasteiger charge is 2.45. The van der Waals surface area contributed by atoms with Crippen LogP contribution in [0.1, 0.15) is 49.0 Å². The normalized spacial score (nSPS) is 20.3. The summed E-state index contributed by atoms with van der Waals surface area (Å²) in [6, 6.07) is 2.13. The molecule has 3 N–H and O–H groups in total. The predicted molar refractivity (Wildman–Crippen MR) is 115 cm³/mol. The third-order valence-corrected chi connectivity index (χ3v) is 6.99. The fourth-order valence-electron chi connectivity index (χ4n) is 4.10. The smallest absolute Gasteiger partial charge is 0.318 e. The number of anilines is 1. The third-order valence-electron chi connectivity index (χ3n) is 5.89. The molecule has 2 aliphatic heterocycles. The summed E-state index contributed by atoms with van der Waals surface area (Å²) in [6.45, 7) is 6.54. The molecule has 31 heavy (non-hydrogen) atoms. The van der Waals surface area contributed by atoms with Crippen molar-refractivity contribution in [2.75, 3.05) is 25.0 Å². The van der Waals surface area contributed by atoms with Crippen LogP contribution >= 0.6 is 11.3 Å². The molecule has 2 amide bonds. The Morgan fingerprint density at radius 3 is 2.65 bits per heavy atom. The van der Waals surface area contributed by atoms with E-state index in [1.54, 1.807) is 23.2 Å². The summed E-state index contributed by atoms with van der Waals surface area (Å²) < 4.78 is 0. The highest BCUT2D eigenvalue weighted by molar-refractivity contribution is 7.15. The Hall–Kier alpha value is -2.81. The molecule has 0 aliphatic carbocycles. The number of nitriles is 1. The molecule has 0 bridgehead atoms. The molecule has 1 unspecified atom stereocenters. The van der Waals surface area contributed by atoms with Crippen LogP contribution in [0.5, 0.6) is 0 Å². The molecule has 4 rings (SSSR count). The number of nitrogens with zero attached hydrogens (tertiary/aromatic N) is 6. The van der Waals surface area contributed by atoms with Crippen LogP contribution in [-0.4, -0.2) is 67.3 Å². The molecule has 0 radical (unpaired) electrons. The van der Waals surface area contributed by atoms with Crippen LogP contribution in [0, 0.1) is 11.3 Å². The maximum absolute atomic E-state index is 12.6. The van der Waals surface area contributed by atoms with Crippen molar-refractivity contribution in [3.8, 4) is 6.07 Å². The van der Waals surface area contributed by atoms with Crippen LogP contribution in [-0.2, 0) is 6.54 Å². The molecule has 2 saturated heterocycles. The number of carbonyl (C=O) groups excluding carboxylic acids is 1. The lowest BCUT2D eigenvalue weighted by molar-refractivity contribution is 0.116. The van der Waals surface area contributed by atoms with Gasteiger partial charge in [0.2, 0.25) is 0 Å². The van der Waals surface area contributed by atoms with Crippen LogP contribution in [0.25, 0.3) is 0 Å². The number of aliphatic hydroxyl groups is 1. The van der Waals surface area contributed by atoms with Gasteiger partial charge in [-0.1, -0.05) is 0 Å². The van der Waals surface area contributed by atoms with E-state index in [0.717, 1.165) is 30.8 Å². The Labute approximate surface area is 184 Å². The number of aliphatic hydroxyl groups excluding tert-OH is 1. The van der Waals surface area contributed by atoms with Gasteiger partial charge in [0.1, 0.15) is 18.1 Å². The molecule has 11 heteroatoms. The quantitative estimate of drug-likeness (QED) is 0.576. The summed E-state index contributed by atoms with van der Waals surface area (Å²) in [6.07, 6.45) is 5.92. The van der Waals surface area contributed by atoms with Crippen molar-refractivity contribution in [2.24, 2.45) is 0 Å². The second kappa shape index (κ2) is 8.74. The predicted octanol–water partition coefficient (Wildman–Crippen LogP) is 1.68. The number of hydrogen-bond donors (Lipinski definition) is 3. The third kappa shape index (κ3) is 4.76. The minimum Gasteiger partial charge on any atom is -0.374 e. The number of nitrogens with one attached hydrogen (secondary N) is 2. The summed E-state index contributed by atoms with van der Waals surface area (Å²) >= 11 is 1.56. The zero-order valence-corrected chi connectivity index (χ0v) is 18.4. The van der Waals surface area contributed by atoms with Gasteiger partial charge in [0, 0.05) is 49.1 Å². The first-order valence-corrected chi connectivity index (χ1v) is 11.1. The highest BCUT2D eigenvalue weighted by Crippen LogP contribution is 2.34. The van der Waals surface area contributed by atoms with Crippen LogP contribution in [0.2, 0.25) is 0 Å². The number of hydrogen-bond acceptors (Lipinski definition) is 9. The molecule has 2 aromatic rings. The standard InChI is InChI=1S/C20H26N8O2S/c1-13(16-10-24-18(31-16)25-14(2)29)27-5-3-20(4-6-27)12-28(19(30)26-20)11-17-22-8-15(7-21)9-23-17/h8-10,13-14,29H,3-6,11-12H2,1-2H3,(H,24,25)(H,26,30)/t13-,14?/m1/s1. The van der Waals surface area contributed by atoms with Gasteiger partial charge in [-0.25, -0.2) is 19.7 Å². The molecule has 2 aromatic heterocycles. The van der Waals surface area contributed by atoms with Gasteiger partial charge in [0.15, 0.2) is 5.13 Å². The molecule has 10 nitrogen and oxygen atoms in total. The van der Waals surface area contributed by atoms with Crippen LogP contribution in [0.15, 0.2) is 18.6 Å². The lowest BCUT2D eigenvalue weighted by atomic mass is 9.87. The molecule has 0 aromatic carbocycles. The minimum absolute atomic E-state index is 0.0919. The molecule has 0 saturated carbocycles. The number of amides is 2. The summed E-state index contributed by atoms with van der Waals surface area (Å²) in [7, 11) is 0. The number of piperidine rings is 1. The minimum atomic E-state index is -0.632. The molecular formula is C20H26N8O2S. The van der Waals surface area contributed by atoms with Crippen molar-refractivity contribution in [3.05, 3.63) is 34.9 Å². The van der Waals surface area contributed by atoms with E-state index in [1.165, 1.54) is 12.4 Å². The fourth-order valence-corrected chi connectivity index (χ4v) is 5.09. The number of aromatic nitrogens is 3.